The fraction of sp³-hybridized carbons (Fsp3) is 0.194. The lowest BCUT2D eigenvalue weighted by Crippen LogP contribution is -2.39. The second-order valence-corrected chi connectivity index (χ2v) is 10.8. The molecule has 2 heterocycles. The number of nitrogens with zero attached hydrogens (tertiary/aromatic N) is 2. The van der Waals surface area contributed by atoms with Crippen molar-refractivity contribution in [2.45, 2.75) is 32.4 Å². The van der Waals surface area contributed by atoms with Gasteiger partial charge >= 0.3 is 0 Å². The number of thioether (sulfide) groups is 1. The van der Waals surface area contributed by atoms with E-state index in [-0.39, 0.29) is 24.3 Å². The van der Waals surface area contributed by atoms with E-state index in [1.807, 2.05) is 72.7 Å². The first-order valence-corrected chi connectivity index (χ1v) is 14.1. The largest absolute Gasteiger partial charge is 0.497 e. The molecule has 204 valence electrons. The quantitative estimate of drug-likeness (QED) is 0.309. The van der Waals surface area contributed by atoms with E-state index in [4.69, 9.17) is 21.3 Å². The summed E-state index contributed by atoms with van der Waals surface area (Å²) in [5.41, 5.74) is 4.32. The lowest BCUT2D eigenvalue weighted by atomic mass is 9.93. The van der Waals surface area contributed by atoms with Gasteiger partial charge in [0.05, 0.1) is 36.9 Å². The number of ether oxygens (including phenoxy) is 1. The maximum absolute atomic E-state index is 13.8. The first-order chi connectivity index (χ1) is 19.3. The van der Waals surface area contributed by atoms with Crippen LogP contribution in [0.5, 0.6) is 5.75 Å². The average molecular weight is 573 g/mol. The summed E-state index contributed by atoms with van der Waals surface area (Å²) in [6, 6.07) is 23.7. The van der Waals surface area contributed by atoms with Crippen LogP contribution in [-0.4, -0.2) is 29.0 Å². The van der Waals surface area contributed by atoms with Crippen molar-refractivity contribution in [1.29, 1.82) is 0 Å². The highest BCUT2D eigenvalue weighted by atomic mass is 35.5. The number of hydrogen-bond acceptors (Lipinski definition) is 6. The van der Waals surface area contributed by atoms with Crippen LogP contribution in [0.3, 0.4) is 0 Å². The Balaban J connectivity index is 1.43. The standard InChI is InChI=1S/C31H29ClN4O3S/c1-19(21-8-5-4-6-9-21)33-27(37)17-25-18-40-31-34-20(2)28(29(36(25)31)22-10-7-11-23(32)16-22)30(38)35-24-12-14-26(39-3)15-13-24/h4-16,18-19,29H,17H2,1-3H3,(H,33,37)(H,35,38). The third kappa shape index (κ3) is 5.93. The van der Waals surface area contributed by atoms with Gasteiger partial charge in [0.25, 0.3) is 5.91 Å². The number of aliphatic imine (C=N–C) groups is 1. The van der Waals surface area contributed by atoms with Crippen molar-refractivity contribution in [2.75, 3.05) is 12.4 Å². The van der Waals surface area contributed by atoms with Gasteiger partial charge in [0.15, 0.2) is 5.17 Å². The monoisotopic (exact) mass is 572 g/mol. The summed E-state index contributed by atoms with van der Waals surface area (Å²) in [4.78, 5) is 33.7. The van der Waals surface area contributed by atoms with Crippen LogP contribution >= 0.6 is 23.4 Å². The van der Waals surface area contributed by atoms with Gasteiger partial charge in [-0.15, -0.1) is 0 Å². The molecule has 5 rings (SSSR count). The molecule has 2 aliphatic heterocycles. The Morgan fingerprint density at radius 2 is 1.82 bits per heavy atom. The number of anilines is 1. The predicted molar refractivity (Wildman–Crippen MR) is 161 cm³/mol. The smallest absolute Gasteiger partial charge is 0.255 e. The molecule has 0 aromatic heterocycles. The average Bonchev–Trinajstić information content (AvgIpc) is 3.34. The van der Waals surface area contributed by atoms with E-state index in [0.717, 1.165) is 16.8 Å². The van der Waals surface area contributed by atoms with Gasteiger partial charge in [-0.3, -0.25) is 9.59 Å². The molecule has 0 aliphatic carbocycles. The summed E-state index contributed by atoms with van der Waals surface area (Å²) in [6.07, 6.45) is 0.132. The van der Waals surface area contributed by atoms with Crippen LogP contribution in [0.1, 0.15) is 43.5 Å². The number of halogens is 1. The molecule has 3 aromatic carbocycles. The topological polar surface area (TPSA) is 83.0 Å². The minimum atomic E-state index is -0.523. The summed E-state index contributed by atoms with van der Waals surface area (Å²) in [6.45, 7) is 3.79. The van der Waals surface area contributed by atoms with Gasteiger partial charge in [-0.05, 0) is 66.8 Å². The Morgan fingerprint density at radius 1 is 1.07 bits per heavy atom. The van der Waals surface area contributed by atoms with Crippen LogP contribution in [0.2, 0.25) is 5.02 Å². The fourth-order valence-corrected chi connectivity index (χ4v) is 5.97. The van der Waals surface area contributed by atoms with E-state index >= 15 is 0 Å². The van der Waals surface area contributed by atoms with Crippen molar-refractivity contribution in [3.05, 3.63) is 117 Å². The molecule has 0 bridgehead atoms. The maximum atomic E-state index is 13.8. The van der Waals surface area contributed by atoms with Gasteiger partial charge in [0.2, 0.25) is 5.91 Å². The van der Waals surface area contributed by atoms with Gasteiger partial charge < -0.3 is 20.3 Å². The number of benzene rings is 3. The molecule has 0 fully saturated rings. The number of rotatable bonds is 8. The lowest BCUT2D eigenvalue weighted by Gasteiger charge is -2.36. The van der Waals surface area contributed by atoms with Crippen molar-refractivity contribution in [3.63, 3.8) is 0 Å². The SMILES string of the molecule is COc1ccc(NC(=O)C2=C(C)N=C3SC=C(CC(=O)NC(C)c4ccccc4)N3C2c2cccc(Cl)c2)cc1. The summed E-state index contributed by atoms with van der Waals surface area (Å²) in [5, 5.41) is 9.29. The molecule has 0 saturated heterocycles. The molecular formula is C31H29ClN4O3S. The van der Waals surface area contributed by atoms with E-state index in [9.17, 15) is 9.59 Å². The minimum absolute atomic E-state index is 0.121. The number of amidine groups is 1. The van der Waals surface area contributed by atoms with Crippen LogP contribution in [0.25, 0.3) is 0 Å². The zero-order valence-electron chi connectivity index (χ0n) is 22.4. The van der Waals surface area contributed by atoms with Crippen molar-refractivity contribution in [3.8, 4) is 5.75 Å². The van der Waals surface area contributed by atoms with Crippen LogP contribution in [0.4, 0.5) is 5.69 Å². The van der Waals surface area contributed by atoms with E-state index < -0.39 is 6.04 Å². The summed E-state index contributed by atoms with van der Waals surface area (Å²) in [5.74, 6) is 0.291. The summed E-state index contributed by atoms with van der Waals surface area (Å²) >= 11 is 7.85. The summed E-state index contributed by atoms with van der Waals surface area (Å²) < 4.78 is 5.23. The van der Waals surface area contributed by atoms with Gasteiger partial charge in [0.1, 0.15) is 5.75 Å². The first kappa shape index (κ1) is 27.6. The number of amides is 2. The van der Waals surface area contributed by atoms with E-state index in [1.54, 1.807) is 37.4 Å². The molecule has 40 heavy (non-hydrogen) atoms. The van der Waals surface area contributed by atoms with E-state index in [0.29, 0.717) is 32.9 Å². The Labute approximate surface area is 243 Å². The van der Waals surface area contributed by atoms with Crippen LogP contribution < -0.4 is 15.4 Å². The predicted octanol–water partition coefficient (Wildman–Crippen LogP) is 6.83. The molecule has 2 atom stereocenters. The molecule has 3 aromatic rings. The molecule has 2 aliphatic rings. The van der Waals surface area contributed by atoms with Crippen molar-refractivity contribution >= 4 is 46.0 Å². The molecular weight excluding hydrogens is 544 g/mol. The number of allylic oxidation sites excluding steroid dienone is 1. The Bertz CT molecular complexity index is 1520. The van der Waals surface area contributed by atoms with Crippen molar-refractivity contribution < 1.29 is 14.3 Å². The van der Waals surface area contributed by atoms with E-state index in [2.05, 4.69) is 10.6 Å². The highest BCUT2D eigenvalue weighted by Gasteiger charge is 2.40. The third-order valence-corrected chi connectivity index (χ3v) is 7.90. The number of hydrogen-bond donors (Lipinski definition) is 2. The summed E-state index contributed by atoms with van der Waals surface area (Å²) in [7, 11) is 1.59. The van der Waals surface area contributed by atoms with Crippen LogP contribution in [-0.2, 0) is 9.59 Å². The lowest BCUT2D eigenvalue weighted by molar-refractivity contribution is -0.121. The molecule has 2 amide bonds. The van der Waals surface area contributed by atoms with Crippen molar-refractivity contribution in [1.82, 2.24) is 10.2 Å². The minimum Gasteiger partial charge on any atom is -0.497 e. The van der Waals surface area contributed by atoms with Gasteiger partial charge in [-0.1, -0.05) is 65.8 Å². The zero-order valence-corrected chi connectivity index (χ0v) is 23.9. The molecule has 2 N–H and O–H groups in total. The van der Waals surface area contributed by atoms with Gasteiger partial charge in [-0.2, -0.15) is 0 Å². The Kier molecular flexibility index (Phi) is 8.28. The van der Waals surface area contributed by atoms with Crippen molar-refractivity contribution in [2.24, 2.45) is 4.99 Å². The number of carbonyl (C=O) groups excluding carboxylic acids is 2. The molecule has 0 saturated carbocycles. The molecule has 7 nitrogen and oxygen atoms in total. The number of methoxy groups -OCH3 is 1. The fourth-order valence-electron chi connectivity index (χ4n) is 4.81. The highest BCUT2D eigenvalue weighted by Crippen LogP contribution is 2.45. The van der Waals surface area contributed by atoms with Crippen LogP contribution in [0.15, 0.2) is 106 Å². The first-order valence-electron chi connectivity index (χ1n) is 12.8. The Hall–Kier alpha value is -4.01. The Morgan fingerprint density at radius 3 is 2.52 bits per heavy atom. The van der Waals surface area contributed by atoms with Crippen LogP contribution in [0, 0.1) is 0 Å². The second kappa shape index (κ2) is 12.0. The molecule has 0 radical (unpaired) electrons. The second-order valence-electron chi connectivity index (χ2n) is 9.51. The van der Waals surface area contributed by atoms with Gasteiger partial charge in [0, 0.05) is 16.4 Å². The molecule has 2 unspecified atom stereocenters. The molecule has 0 spiro atoms. The zero-order chi connectivity index (χ0) is 28.2. The number of nitrogens with one attached hydrogen (secondary N) is 2. The highest BCUT2D eigenvalue weighted by molar-refractivity contribution is 8.16. The number of fused-ring (bicyclic) bond motifs is 1. The normalized spacial score (nSPS) is 17.0. The van der Waals surface area contributed by atoms with E-state index in [1.165, 1.54) is 11.8 Å². The molecule has 9 heteroatoms. The van der Waals surface area contributed by atoms with Gasteiger partial charge in [-0.25, -0.2) is 4.99 Å². The number of carbonyl (C=O) groups is 2. The maximum Gasteiger partial charge on any atom is 0.255 e. The third-order valence-electron chi connectivity index (χ3n) is 6.78.